The van der Waals surface area contributed by atoms with E-state index in [0.717, 1.165) is 30.3 Å². The summed E-state index contributed by atoms with van der Waals surface area (Å²) in [6.07, 6.45) is 0. The summed E-state index contributed by atoms with van der Waals surface area (Å²) in [7, 11) is -3.94. The molecule has 2 N–H and O–H groups in total. The highest BCUT2D eigenvalue weighted by molar-refractivity contribution is 7.89. The molecule has 2 aromatic rings. The number of rotatable bonds is 6. The van der Waals surface area contributed by atoms with Crippen molar-refractivity contribution >= 4 is 21.8 Å². The molecule has 31 heavy (non-hydrogen) atoms. The summed E-state index contributed by atoms with van der Waals surface area (Å²) < 4.78 is 63.8. The van der Waals surface area contributed by atoms with Crippen molar-refractivity contribution in [2.24, 2.45) is 0 Å². The summed E-state index contributed by atoms with van der Waals surface area (Å²) in [6, 6.07) is 7.75. The Labute approximate surface area is 177 Å². The first-order valence-corrected chi connectivity index (χ1v) is 10.6. The SMILES string of the molecule is O=C(COc1ccc(F)cc1)NNC(=O)c1cc(S(=O)(=O)N2CCOCC2)ccc1F. The summed E-state index contributed by atoms with van der Waals surface area (Å²) in [5.74, 6) is -3.02. The van der Waals surface area contributed by atoms with Gasteiger partial charge in [-0.3, -0.25) is 20.4 Å². The second kappa shape index (κ2) is 9.81. The van der Waals surface area contributed by atoms with Gasteiger partial charge in [0.1, 0.15) is 17.4 Å². The summed E-state index contributed by atoms with van der Waals surface area (Å²) >= 11 is 0. The standard InChI is InChI=1S/C19H19F2N3O6S/c20-13-1-3-14(4-2-13)30-12-18(25)22-23-19(26)16-11-15(5-6-17(16)21)31(27,28)24-7-9-29-10-8-24/h1-6,11H,7-10,12H2,(H,22,25)(H,23,26). The van der Waals surface area contributed by atoms with Crippen LogP contribution in [-0.2, 0) is 19.6 Å². The minimum atomic E-state index is -3.94. The zero-order chi connectivity index (χ0) is 22.4. The highest BCUT2D eigenvalue weighted by atomic mass is 32.2. The van der Waals surface area contributed by atoms with Gasteiger partial charge in [0.2, 0.25) is 10.0 Å². The minimum absolute atomic E-state index is 0.144. The van der Waals surface area contributed by atoms with Crippen LogP contribution in [0.15, 0.2) is 47.4 Å². The molecule has 9 nitrogen and oxygen atoms in total. The van der Waals surface area contributed by atoms with E-state index in [4.69, 9.17) is 9.47 Å². The monoisotopic (exact) mass is 455 g/mol. The van der Waals surface area contributed by atoms with Gasteiger partial charge < -0.3 is 9.47 Å². The Morgan fingerprint density at radius 2 is 1.71 bits per heavy atom. The van der Waals surface area contributed by atoms with E-state index in [9.17, 15) is 26.8 Å². The molecule has 1 saturated heterocycles. The first-order chi connectivity index (χ1) is 14.8. The summed E-state index contributed by atoms with van der Waals surface area (Å²) in [5, 5.41) is 0. The summed E-state index contributed by atoms with van der Waals surface area (Å²) in [4.78, 5) is 23.8. The van der Waals surface area contributed by atoms with Crippen molar-refractivity contribution < 1.29 is 36.3 Å². The maximum Gasteiger partial charge on any atom is 0.276 e. The Hall–Kier alpha value is -3.09. The van der Waals surface area contributed by atoms with E-state index in [1.165, 1.54) is 16.4 Å². The van der Waals surface area contributed by atoms with Gasteiger partial charge in [0.25, 0.3) is 11.8 Å². The lowest BCUT2D eigenvalue weighted by molar-refractivity contribution is -0.123. The van der Waals surface area contributed by atoms with Crippen LogP contribution in [-0.4, -0.2) is 57.4 Å². The number of halogens is 2. The fraction of sp³-hybridized carbons (Fsp3) is 0.263. The van der Waals surface area contributed by atoms with Crippen LogP contribution in [0.2, 0.25) is 0 Å². The van der Waals surface area contributed by atoms with Gasteiger partial charge in [-0.1, -0.05) is 0 Å². The fourth-order valence-corrected chi connectivity index (χ4v) is 4.12. The van der Waals surface area contributed by atoms with Crippen molar-refractivity contribution in [1.29, 1.82) is 0 Å². The van der Waals surface area contributed by atoms with Crippen LogP contribution in [0.5, 0.6) is 5.75 Å². The molecular weight excluding hydrogens is 436 g/mol. The number of hydrogen-bond donors (Lipinski definition) is 2. The number of ether oxygens (including phenoxy) is 2. The molecule has 166 valence electrons. The Kier molecular flexibility index (Phi) is 7.15. The van der Waals surface area contributed by atoms with Gasteiger partial charge in [-0.05, 0) is 42.5 Å². The molecule has 1 heterocycles. The second-order valence-electron chi connectivity index (χ2n) is 6.40. The number of nitrogens with zero attached hydrogens (tertiary/aromatic N) is 1. The van der Waals surface area contributed by atoms with Gasteiger partial charge in [-0.15, -0.1) is 0 Å². The molecule has 2 aromatic carbocycles. The van der Waals surface area contributed by atoms with Crippen molar-refractivity contribution in [2.45, 2.75) is 4.90 Å². The molecule has 0 aliphatic carbocycles. The third-order valence-corrected chi connectivity index (χ3v) is 6.18. The quantitative estimate of drug-likeness (QED) is 0.624. The maximum absolute atomic E-state index is 14.1. The smallest absolute Gasteiger partial charge is 0.276 e. The predicted octanol–water partition coefficient (Wildman–Crippen LogP) is 0.826. The van der Waals surface area contributed by atoms with E-state index in [0.29, 0.717) is 0 Å². The average Bonchev–Trinajstić information content (AvgIpc) is 2.78. The molecule has 0 aromatic heterocycles. The molecule has 0 saturated carbocycles. The van der Waals surface area contributed by atoms with Crippen molar-refractivity contribution in [1.82, 2.24) is 15.2 Å². The highest BCUT2D eigenvalue weighted by Gasteiger charge is 2.28. The summed E-state index contributed by atoms with van der Waals surface area (Å²) in [6.45, 7) is 0.260. The number of amides is 2. The van der Waals surface area contributed by atoms with Gasteiger partial charge in [0.05, 0.1) is 23.7 Å². The number of carbonyl (C=O) groups is 2. The molecule has 1 fully saturated rings. The molecule has 0 radical (unpaired) electrons. The van der Waals surface area contributed by atoms with Gasteiger partial charge >= 0.3 is 0 Å². The number of hydrogen-bond acceptors (Lipinski definition) is 6. The van der Waals surface area contributed by atoms with Gasteiger partial charge in [0, 0.05) is 13.1 Å². The fourth-order valence-electron chi connectivity index (χ4n) is 2.68. The second-order valence-corrected chi connectivity index (χ2v) is 8.34. The number of benzene rings is 2. The Balaban J connectivity index is 1.61. The molecular formula is C19H19F2N3O6S. The van der Waals surface area contributed by atoms with Crippen LogP contribution < -0.4 is 15.6 Å². The minimum Gasteiger partial charge on any atom is -0.484 e. The van der Waals surface area contributed by atoms with Crippen molar-refractivity contribution in [2.75, 3.05) is 32.9 Å². The molecule has 0 bridgehead atoms. The third-order valence-electron chi connectivity index (χ3n) is 4.29. The lowest BCUT2D eigenvalue weighted by Crippen LogP contribution is -2.44. The molecule has 0 unspecified atom stereocenters. The molecule has 12 heteroatoms. The van der Waals surface area contributed by atoms with Crippen LogP contribution in [0.4, 0.5) is 8.78 Å². The first kappa shape index (κ1) is 22.6. The normalized spacial score (nSPS) is 14.6. The topological polar surface area (TPSA) is 114 Å². The zero-order valence-electron chi connectivity index (χ0n) is 16.1. The van der Waals surface area contributed by atoms with Gasteiger partial charge in [0.15, 0.2) is 6.61 Å². The molecule has 0 atom stereocenters. The Bertz CT molecular complexity index is 1060. The number of sulfonamides is 1. The van der Waals surface area contributed by atoms with E-state index in [-0.39, 0.29) is 36.9 Å². The lowest BCUT2D eigenvalue weighted by atomic mass is 10.2. The lowest BCUT2D eigenvalue weighted by Gasteiger charge is -2.26. The predicted molar refractivity (Wildman–Crippen MR) is 103 cm³/mol. The first-order valence-electron chi connectivity index (χ1n) is 9.12. The highest BCUT2D eigenvalue weighted by Crippen LogP contribution is 2.20. The van der Waals surface area contributed by atoms with E-state index < -0.39 is 45.6 Å². The van der Waals surface area contributed by atoms with Crippen molar-refractivity contribution in [3.8, 4) is 5.75 Å². The third kappa shape index (κ3) is 5.75. The largest absolute Gasteiger partial charge is 0.484 e. The molecule has 1 aliphatic heterocycles. The Morgan fingerprint density at radius 3 is 2.39 bits per heavy atom. The van der Waals surface area contributed by atoms with Crippen LogP contribution in [0.25, 0.3) is 0 Å². The van der Waals surface area contributed by atoms with Gasteiger partial charge in [-0.2, -0.15) is 4.31 Å². The number of nitrogens with one attached hydrogen (secondary N) is 2. The van der Waals surface area contributed by atoms with E-state index in [2.05, 4.69) is 0 Å². The Morgan fingerprint density at radius 1 is 1.03 bits per heavy atom. The van der Waals surface area contributed by atoms with E-state index in [1.54, 1.807) is 0 Å². The van der Waals surface area contributed by atoms with Crippen molar-refractivity contribution in [3.05, 3.63) is 59.7 Å². The average molecular weight is 455 g/mol. The van der Waals surface area contributed by atoms with Crippen LogP contribution in [0.3, 0.4) is 0 Å². The number of morpholine rings is 1. The zero-order valence-corrected chi connectivity index (χ0v) is 17.0. The van der Waals surface area contributed by atoms with Crippen molar-refractivity contribution in [3.63, 3.8) is 0 Å². The maximum atomic E-state index is 14.1. The molecule has 1 aliphatic rings. The van der Waals surface area contributed by atoms with Crippen LogP contribution in [0.1, 0.15) is 10.4 Å². The molecule has 0 spiro atoms. The van der Waals surface area contributed by atoms with Crippen LogP contribution >= 0.6 is 0 Å². The van der Waals surface area contributed by atoms with Gasteiger partial charge in [-0.25, -0.2) is 17.2 Å². The molecule has 3 rings (SSSR count). The van der Waals surface area contributed by atoms with E-state index >= 15 is 0 Å². The van der Waals surface area contributed by atoms with E-state index in [1.807, 2.05) is 10.9 Å². The summed E-state index contributed by atoms with van der Waals surface area (Å²) in [5.41, 5.74) is 3.47. The number of carbonyl (C=O) groups excluding carboxylic acids is 2. The molecule has 2 amide bonds. The number of hydrazine groups is 1. The van der Waals surface area contributed by atoms with Crippen LogP contribution in [0, 0.1) is 11.6 Å².